The molecule has 3 N–H and O–H groups in total. The number of nitrogens with zero attached hydrogens (tertiary/aromatic N) is 2. The molecule has 0 aliphatic carbocycles. The molecule has 0 unspecified atom stereocenters. The van der Waals surface area contributed by atoms with Gasteiger partial charge in [-0.25, -0.2) is 9.97 Å². The molecule has 0 aliphatic heterocycles. The summed E-state index contributed by atoms with van der Waals surface area (Å²) in [5.74, 6) is 1.01. The quantitative estimate of drug-likeness (QED) is 0.559. The number of aromatic nitrogens is 3. The normalized spacial score (nSPS) is 11.1. The topological polar surface area (TPSA) is 65.6 Å². The molecule has 0 saturated carbocycles. The summed E-state index contributed by atoms with van der Waals surface area (Å²) in [4.78, 5) is 12.5. The number of H-pyrrole nitrogens is 1. The average Bonchev–Trinajstić information content (AvgIpc) is 3.14. The second kappa shape index (κ2) is 7.38. The van der Waals surface area contributed by atoms with Crippen LogP contribution in [0.5, 0.6) is 0 Å². The van der Waals surface area contributed by atoms with E-state index >= 15 is 0 Å². The highest BCUT2D eigenvalue weighted by molar-refractivity contribution is 7.13. The molecule has 0 bridgehead atoms. The molecule has 6 heteroatoms. The van der Waals surface area contributed by atoms with Crippen LogP contribution in [0.2, 0.25) is 0 Å². The maximum Gasteiger partial charge on any atom is 0.182 e. The van der Waals surface area contributed by atoms with Crippen molar-refractivity contribution < 1.29 is 0 Å². The Morgan fingerprint density at radius 1 is 1.18 bits per heavy atom. The largest absolute Gasteiger partial charge is 0.361 e. The molecular formula is C16H21N5S. The second-order valence-corrected chi connectivity index (χ2v) is 6.06. The summed E-state index contributed by atoms with van der Waals surface area (Å²) in [5, 5.41) is 9.81. The molecule has 1 aromatic carbocycles. The van der Waals surface area contributed by atoms with Crippen LogP contribution in [-0.4, -0.2) is 28.0 Å². The Kier molecular flexibility index (Phi) is 5.03. The average molecular weight is 315 g/mol. The van der Waals surface area contributed by atoms with Crippen LogP contribution in [-0.2, 0) is 13.0 Å². The summed E-state index contributed by atoms with van der Waals surface area (Å²) < 4.78 is 0. The molecule has 0 spiro atoms. The summed E-state index contributed by atoms with van der Waals surface area (Å²) in [5.41, 5.74) is 3.22. The molecule has 22 heavy (non-hydrogen) atoms. The second-order valence-electron chi connectivity index (χ2n) is 5.20. The Morgan fingerprint density at radius 3 is 2.95 bits per heavy atom. The third kappa shape index (κ3) is 3.84. The van der Waals surface area contributed by atoms with Crippen molar-refractivity contribution in [2.24, 2.45) is 0 Å². The Morgan fingerprint density at radius 2 is 2.09 bits per heavy atom. The Labute approximate surface area is 134 Å². The smallest absolute Gasteiger partial charge is 0.182 e. The minimum absolute atomic E-state index is 0.829. The molecule has 0 atom stereocenters. The van der Waals surface area contributed by atoms with E-state index in [9.17, 15) is 0 Å². The van der Waals surface area contributed by atoms with Gasteiger partial charge in [-0.05, 0) is 25.1 Å². The maximum atomic E-state index is 4.58. The van der Waals surface area contributed by atoms with E-state index in [1.807, 2.05) is 18.2 Å². The van der Waals surface area contributed by atoms with E-state index < -0.39 is 0 Å². The molecule has 0 amide bonds. The Hall–Kier alpha value is -1.92. The zero-order valence-electron chi connectivity index (χ0n) is 12.7. The van der Waals surface area contributed by atoms with Crippen molar-refractivity contribution >= 4 is 27.5 Å². The van der Waals surface area contributed by atoms with Crippen LogP contribution in [0.1, 0.15) is 24.9 Å². The fourth-order valence-corrected chi connectivity index (χ4v) is 3.01. The lowest BCUT2D eigenvalue weighted by atomic mass is 10.3. The third-order valence-electron chi connectivity index (χ3n) is 3.36. The van der Waals surface area contributed by atoms with Crippen molar-refractivity contribution in [3.05, 3.63) is 41.2 Å². The predicted octanol–water partition coefficient (Wildman–Crippen LogP) is 3.17. The molecule has 2 aromatic heterocycles. The van der Waals surface area contributed by atoms with Crippen molar-refractivity contribution in [1.29, 1.82) is 0 Å². The van der Waals surface area contributed by atoms with Crippen LogP contribution in [0.4, 0.5) is 5.13 Å². The van der Waals surface area contributed by atoms with Crippen molar-refractivity contribution in [3.63, 3.8) is 0 Å². The van der Waals surface area contributed by atoms with Gasteiger partial charge in [-0.1, -0.05) is 19.1 Å². The van der Waals surface area contributed by atoms with E-state index in [2.05, 4.69) is 44.0 Å². The fourth-order valence-electron chi connectivity index (χ4n) is 2.27. The lowest BCUT2D eigenvalue weighted by Crippen LogP contribution is -2.14. The first-order chi connectivity index (χ1) is 10.8. The minimum atomic E-state index is 0.829. The fraction of sp³-hybridized carbons (Fsp3) is 0.375. The molecule has 116 valence electrons. The first kappa shape index (κ1) is 15.0. The Bertz CT molecular complexity index is 685. The lowest BCUT2D eigenvalue weighted by Gasteiger charge is -2.01. The van der Waals surface area contributed by atoms with Gasteiger partial charge in [0.05, 0.1) is 16.7 Å². The number of hydrogen-bond acceptors (Lipinski definition) is 5. The van der Waals surface area contributed by atoms with Gasteiger partial charge in [-0.15, -0.1) is 11.3 Å². The van der Waals surface area contributed by atoms with Crippen molar-refractivity contribution in [2.75, 3.05) is 18.4 Å². The van der Waals surface area contributed by atoms with Gasteiger partial charge in [0.2, 0.25) is 0 Å². The van der Waals surface area contributed by atoms with Crippen molar-refractivity contribution in [3.8, 4) is 0 Å². The highest BCUT2D eigenvalue weighted by Crippen LogP contribution is 2.15. The van der Waals surface area contributed by atoms with Crippen LogP contribution in [0.15, 0.2) is 29.6 Å². The number of nitrogens with one attached hydrogen (secondary N) is 3. The first-order valence-electron chi connectivity index (χ1n) is 7.68. The monoisotopic (exact) mass is 315 g/mol. The molecule has 3 rings (SSSR count). The van der Waals surface area contributed by atoms with Gasteiger partial charge in [-0.2, -0.15) is 0 Å². The number of anilines is 1. The zero-order valence-corrected chi connectivity index (χ0v) is 13.5. The van der Waals surface area contributed by atoms with Crippen LogP contribution >= 0.6 is 11.3 Å². The van der Waals surface area contributed by atoms with Gasteiger partial charge in [0.1, 0.15) is 5.82 Å². The Balaban J connectivity index is 1.48. The molecule has 3 aromatic rings. The predicted molar refractivity (Wildman–Crippen MR) is 92.4 cm³/mol. The van der Waals surface area contributed by atoms with Gasteiger partial charge in [0.15, 0.2) is 5.13 Å². The summed E-state index contributed by atoms with van der Waals surface area (Å²) in [6.07, 6.45) is 2.00. The standard InChI is InChI=1S/C16H21N5S/c1-2-8-17-10-12-11-22-16(19-12)18-9-7-15-20-13-5-3-4-6-14(13)21-15/h3-6,11,17H,2,7-10H2,1H3,(H,18,19)(H,20,21). The maximum absolute atomic E-state index is 4.58. The van der Waals surface area contributed by atoms with E-state index in [0.29, 0.717) is 0 Å². The zero-order chi connectivity index (χ0) is 15.2. The highest BCUT2D eigenvalue weighted by atomic mass is 32.1. The molecule has 0 radical (unpaired) electrons. The van der Waals surface area contributed by atoms with Crippen molar-refractivity contribution in [1.82, 2.24) is 20.3 Å². The van der Waals surface area contributed by atoms with Gasteiger partial charge in [-0.3, -0.25) is 0 Å². The summed E-state index contributed by atoms with van der Waals surface area (Å²) >= 11 is 1.65. The number of hydrogen-bond donors (Lipinski definition) is 3. The third-order valence-corrected chi connectivity index (χ3v) is 4.21. The molecule has 5 nitrogen and oxygen atoms in total. The van der Waals surface area contributed by atoms with Crippen LogP contribution in [0.25, 0.3) is 11.0 Å². The van der Waals surface area contributed by atoms with Gasteiger partial charge < -0.3 is 15.6 Å². The molecule has 2 heterocycles. The molecule has 0 aliphatic rings. The van der Waals surface area contributed by atoms with Crippen molar-refractivity contribution in [2.45, 2.75) is 26.3 Å². The van der Waals surface area contributed by atoms with E-state index in [4.69, 9.17) is 0 Å². The summed E-state index contributed by atoms with van der Waals surface area (Å²) in [6, 6.07) is 8.11. The van der Waals surface area contributed by atoms with E-state index in [1.165, 1.54) is 0 Å². The first-order valence-corrected chi connectivity index (χ1v) is 8.55. The number of fused-ring (bicyclic) bond motifs is 1. The number of thiazole rings is 1. The molecular weight excluding hydrogens is 294 g/mol. The van der Waals surface area contributed by atoms with Crippen LogP contribution < -0.4 is 10.6 Å². The van der Waals surface area contributed by atoms with E-state index in [0.717, 1.165) is 60.2 Å². The number of imidazole rings is 1. The summed E-state index contributed by atoms with van der Waals surface area (Å²) in [6.45, 7) is 4.87. The number of rotatable bonds is 8. The van der Waals surface area contributed by atoms with Gasteiger partial charge in [0, 0.05) is 24.9 Å². The number of para-hydroxylation sites is 2. The van der Waals surface area contributed by atoms with Gasteiger partial charge >= 0.3 is 0 Å². The molecule has 0 fully saturated rings. The summed E-state index contributed by atoms with van der Waals surface area (Å²) in [7, 11) is 0. The lowest BCUT2D eigenvalue weighted by molar-refractivity contribution is 0.667. The SMILES string of the molecule is CCCNCc1csc(NCCc2nc3ccccc3[nH]2)n1. The van der Waals surface area contributed by atoms with Crippen LogP contribution in [0, 0.1) is 0 Å². The molecule has 0 saturated heterocycles. The highest BCUT2D eigenvalue weighted by Gasteiger charge is 2.04. The number of benzene rings is 1. The van der Waals surface area contributed by atoms with E-state index in [-0.39, 0.29) is 0 Å². The minimum Gasteiger partial charge on any atom is -0.361 e. The number of aromatic amines is 1. The van der Waals surface area contributed by atoms with Crippen LogP contribution in [0.3, 0.4) is 0 Å². The van der Waals surface area contributed by atoms with Gasteiger partial charge in [0.25, 0.3) is 0 Å². The van der Waals surface area contributed by atoms with E-state index in [1.54, 1.807) is 11.3 Å².